The highest BCUT2D eigenvalue weighted by Gasteiger charge is 2.75. The second-order valence-corrected chi connectivity index (χ2v) is 12.4. The number of fused-ring (bicyclic) bond motifs is 2. The first-order valence-corrected chi connectivity index (χ1v) is 15.4. The summed E-state index contributed by atoms with van der Waals surface area (Å²) in [5.41, 5.74) is 1.34. The maximum atomic E-state index is 14.8. The maximum absolute atomic E-state index is 14.8. The highest BCUT2D eigenvalue weighted by molar-refractivity contribution is 6.06. The zero-order valence-electron chi connectivity index (χ0n) is 25.4. The Labute approximate surface area is 253 Å². The van der Waals surface area contributed by atoms with E-state index >= 15 is 0 Å². The minimum Gasteiger partial charge on any atom is -0.394 e. The fourth-order valence-electron chi connectivity index (χ4n) is 7.73. The van der Waals surface area contributed by atoms with Crippen LogP contribution in [0.1, 0.15) is 43.4 Å². The van der Waals surface area contributed by atoms with E-state index in [2.05, 4.69) is 0 Å². The summed E-state index contributed by atoms with van der Waals surface area (Å²) in [4.78, 5) is 49.1. The van der Waals surface area contributed by atoms with Gasteiger partial charge >= 0.3 is 0 Å². The van der Waals surface area contributed by atoms with Crippen molar-refractivity contribution in [1.82, 2.24) is 9.80 Å². The average Bonchev–Trinajstić information content (AvgIpc) is 3.31. The zero-order valence-corrected chi connectivity index (χ0v) is 25.4. The van der Waals surface area contributed by atoms with E-state index in [1.807, 2.05) is 101 Å². The minimum absolute atomic E-state index is 0.153. The van der Waals surface area contributed by atoms with Gasteiger partial charge in [0.2, 0.25) is 11.8 Å². The van der Waals surface area contributed by atoms with Crippen molar-refractivity contribution in [1.29, 1.82) is 0 Å². The molecule has 6 rings (SSSR count). The predicted octanol–water partition coefficient (Wildman–Crippen LogP) is 3.94. The Morgan fingerprint density at radius 3 is 2.37 bits per heavy atom. The smallest absolute Gasteiger partial charge is 0.253 e. The Morgan fingerprint density at radius 2 is 1.67 bits per heavy atom. The lowest BCUT2D eigenvalue weighted by atomic mass is 9.73. The Balaban J connectivity index is 1.49. The van der Waals surface area contributed by atoms with E-state index in [-0.39, 0.29) is 24.3 Å². The molecular formula is C35H41N3O5. The van der Waals surface area contributed by atoms with Crippen LogP contribution in [0, 0.1) is 25.7 Å². The fraction of sp³-hybridized carbons (Fsp3) is 0.457. The van der Waals surface area contributed by atoms with Gasteiger partial charge in [-0.05, 0) is 49.4 Å². The Kier molecular flexibility index (Phi) is 7.55. The molecule has 2 fully saturated rings. The van der Waals surface area contributed by atoms with Crippen molar-refractivity contribution in [3.8, 4) is 0 Å². The number of aryl methyl sites for hydroxylation is 2. The van der Waals surface area contributed by atoms with Gasteiger partial charge in [-0.3, -0.25) is 14.4 Å². The number of rotatable bonds is 7. The molecule has 4 aliphatic rings. The molecule has 0 saturated carbocycles. The molecular weight excluding hydrogens is 542 g/mol. The lowest BCUT2D eigenvalue weighted by Gasteiger charge is -2.40. The molecule has 2 aromatic carbocycles. The highest BCUT2D eigenvalue weighted by atomic mass is 16.5. The number of aliphatic hydroxyl groups excluding tert-OH is 1. The average molecular weight is 584 g/mol. The van der Waals surface area contributed by atoms with Crippen LogP contribution in [0.2, 0.25) is 0 Å². The molecule has 2 aromatic rings. The monoisotopic (exact) mass is 583 g/mol. The summed E-state index contributed by atoms with van der Waals surface area (Å²) in [5.74, 6) is -2.46. The number of ether oxygens (including phenoxy) is 1. The van der Waals surface area contributed by atoms with E-state index < -0.39 is 35.1 Å². The van der Waals surface area contributed by atoms with Crippen LogP contribution in [-0.4, -0.2) is 75.6 Å². The minimum atomic E-state index is -1.36. The lowest BCUT2D eigenvalue weighted by molar-refractivity contribution is -0.153. The van der Waals surface area contributed by atoms with Crippen molar-refractivity contribution in [2.75, 3.05) is 24.6 Å². The lowest BCUT2D eigenvalue weighted by Crippen LogP contribution is -2.59. The van der Waals surface area contributed by atoms with E-state index in [1.54, 1.807) is 14.7 Å². The van der Waals surface area contributed by atoms with Gasteiger partial charge in [-0.25, -0.2) is 0 Å². The summed E-state index contributed by atoms with van der Waals surface area (Å²) < 4.78 is 7.08. The molecule has 2 saturated heterocycles. The number of hydrogen-bond acceptors (Lipinski definition) is 5. The largest absolute Gasteiger partial charge is 0.394 e. The number of carbonyl (C=O) groups is 3. The number of carbonyl (C=O) groups excluding carboxylic acids is 3. The molecule has 0 radical (unpaired) electrons. The van der Waals surface area contributed by atoms with Crippen molar-refractivity contribution >= 4 is 23.4 Å². The van der Waals surface area contributed by atoms with E-state index in [9.17, 15) is 19.5 Å². The quantitative estimate of drug-likeness (QED) is 0.499. The third-order valence-electron chi connectivity index (χ3n) is 9.91. The molecule has 4 heterocycles. The second-order valence-electron chi connectivity index (χ2n) is 12.4. The van der Waals surface area contributed by atoms with Crippen LogP contribution in [0.4, 0.5) is 5.69 Å². The summed E-state index contributed by atoms with van der Waals surface area (Å²) in [6.07, 6.45) is 8.64. The summed E-state index contributed by atoms with van der Waals surface area (Å²) in [6, 6.07) is 14.2. The molecule has 226 valence electrons. The van der Waals surface area contributed by atoms with Crippen LogP contribution in [0.5, 0.6) is 0 Å². The van der Waals surface area contributed by atoms with Crippen LogP contribution in [0.15, 0.2) is 72.8 Å². The van der Waals surface area contributed by atoms with Gasteiger partial charge in [0.15, 0.2) is 0 Å². The molecule has 4 aliphatic heterocycles. The topological polar surface area (TPSA) is 90.4 Å². The van der Waals surface area contributed by atoms with E-state index in [0.717, 1.165) is 22.4 Å². The van der Waals surface area contributed by atoms with Gasteiger partial charge in [-0.1, -0.05) is 80.6 Å². The first kappa shape index (κ1) is 29.3. The van der Waals surface area contributed by atoms with Crippen molar-refractivity contribution < 1.29 is 24.2 Å². The second kappa shape index (κ2) is 11.1. The van der Waals surface area contributed by atoms with E-state index in [4.69, 9.17) is 4.74 Å². The molecule has 1 spiro atoms. The molecule has 43 heavy (non-hydrogen) atoms. The van der Waals surface area contributed by atoms with Crippen LogP contribution in [0.25, 0.3) is 0 Å². The maximum Gasteiger partial charge on any atom is 0.253 e. The van der Waals surface area contributed by atoms with Gasteiger partial charge in [0, 0.05) is 25.3 Å². The number of anilines is 1. The highest BCUT2D eigenvalue weighted by Crippen LogP contribution is 2.59. The van der Waals surface area contributed by atoms with E-state index in [1.165, 1.54) is 0 Å². The van der Waals surface area contributed by atoms with Crippen molar-refractivity contribution in [3.63, 3.8) is 0 Å². The normalized spacial score (nSPS) is 30.7. The molecule has 8 heteroatoms. The van der Waals surface area contributed by atoms with Gasteiger partial charge in [0.1, 0.15) is 11.6 Å². The zero-order chi connectivity index (χ0) is 30.5. The Bertz CT molecular complexity index is 1480. The summed E-state index contributed by atoms with van der Waals surface area (Å²) in [5, 5.41) is 10.4. The molecule has 0 aliphatic carbocycles. The van der Waals surface area contributed by atoms with Crippen molar-refractivity contribution in [3.05, 3.63) is 89.5 Å². The van der Waals surface area contributed by atoms with Gasteiger partial charge in [0.05, 0.1) is 30.1 Å². The third-order valence-corrected chi connectivity index (χ3v) is 9.91. The molecule has 0 bridgehead atoms. The SMILES string of the molecule is CC[C@@H](CO)N1C(=O)[C@@H]2[C@H]3C(=O)N(Cc4ccccc4)CC=C[C@@]3(CC)O[C@@]23C=CCN(c2cc(C)ccc2C)C(=O)C13. The summed E-state index contributed by atoms with van der Waals surface area (Å²) >= 11 is 0. The molecule has 6 atom stereocenters. The molecule has 0 aromatic heterocycles. The number of benzene rings is 2. The van der Waals surface area contributed by atoms with Crippen LogP contribution < -0.4 is 4.90 Å². The first-order valence-electron chi connectivity index (χ1n) is 15.4. The summed E-state index contributed by atoms with van der Waals surface area (Å²) in [7, 11) is 0. The molecule has 3 amide bonds. The van der Waals surface area contributed by atoms with Crippen molar-refractivity contribution in [2.45, 2.75) is 70.4 Å². The molecule has 8 nitrogen and oxygen atoms in total. The number of likely N-dealkylation sites (tertiary alicyclic amines) is 1. The number of nitrogens with zero attached hydrogens (tertiary/aromatic N) is 3. The van der Waals surface area contributed by atoms with Gasteiger partial charge in [-0.15, -0.1) is 0 Å². The van der Waals surface area contributed by atoms with Crippen molar-refractivity contribution in [2.24, 2.45) is 11.8 Å². The number of amides is 3. The van der Waals surface area contributed by atoms with Gasteiger partial charge in [0.25, 0.3) is 5.91 Å². The number of hydrogen-bond donors (Lipinski definition) is 1. The third kappa shape index (κ3) is 4.45. The first-order chi connectivity index (χ1) is 20.7. The van der Waals surface area contributed by atoms with E-state index in [0.29, 0.717) is 32.5 Å². The fourth-order valence-corrected chi connectivity index (χ4v) is 7.73. The van der Waals surface area contributed by atoms with Crippen LogP contribution in [-0.2, 0) is 25.7 Å². The predicted molar refractivity (Wildman–Crippen MR) is 164 cm³/mol. The summed E-state index contributed by atoms with van der Waals surface area (Å²) in [6.45, 7) is 8.65. The number of aliphatic hydroxyl groups is 1. The standard InChI is InChI=1S/C35H41N3O5/c1-5-26(22-39)38-30-33(42)37(27-20-23(3)14-15-24(27)4)19-11-17-35(30)29(32(38)41)28-31(40)36(21-25-12-8-7-9-13-25)18-10-16-34(28,6-2)43-35/h7-17,20,26,28-30,39H,5-6,18-19,21-22H2,1-4H3/t26-,28-,29-,30?,34+,35-/m0/s1. The Hall–Kier alpha value is -3.75. The molecule has 1 unspecified atom stereocenters. The molecule has 1 N–H and O–H groups in total. The van der Waals surface area contributed by atoms with Gasteiger partial charge < -0.3 is 24.5 Å². The van der Waals surface area contributed by atoms with Crippen LogP contribution >= 0.6 is 0 Å². The van der Waals surface area contributed by atoms with Gasteiger partial charge in [-0.2, -0.15) is 0 Å². The Morgan fingerprint density at radius 1 is 0.930 bits per heavy atom. The van der Waals surface area contributed by atoms with Crippen LogP contribution in [0.3, 0.4) is 0 Å².